The Bertz CT molecular complexity index is 854. The third kappa shape index (κ3) is 3.39. The molecule has 1 spiro atoms. The van der Waals surface area contributed by atoms with E-state index in [0.29, 0.717) is 32.1 Å². The van der Waals surface area contributed by atoms with Gasteiger partial charge in [0, 0.05) is 37.1 Å². The number of likely N-dealkylation sites (tertiary alicyclic amines) is 1. The Morgan fingerprint density at radius 2 is 2.12 bits per heavy atom. The molecule has 0 unspecified atom stereocenters. The molecule has 2 aliphatic heterocycles. The number of hydrogen-bond acceptors (Lipinski definition) is 6. The van der Waals surface area contributed by atoms with Crippen molar-refractivity contribution < 1.29 is 9.53 Å². The number of aryl methyl sites for hydroxylation is 1. The van der Waals surface area contributed by atoms with Crippen molar-refractivity contribution in [2.75, 3.05) is 37.7 Å². The summed E-state index contributed by atoms with van der Waals surface area (Å²) in [7, 11) is 0. The fourth-order valence-corrected chi connectivity index (χ4v) is 4.53. The lowest BCUT2D eigenvalue weighted by Gasteiger charge is -2.47. The third-order valence-corrected chi connectivity index (χ3v) is 6.14. The van der Waals surface area contributed by atoms with E-state index in [0.717, 1.165) is 29.1 Å². The van der Waals surface area contributed by atoms with Gasteiger partial charge in [0.15, 0.2) is 0 Å². The summed E-state index contributed by atoms with van der Waals surface area (Å²) in [5.74, 6) is 0.797. The van der Waals surface area contributed by atoms with Crippen molar-refractivity contribution in [3.63, 3.8) is 0 Å². The quantitative estimate of drug-likeness (QED) is 0.865. The summed E-state index contributed by atoms with van der Waals surface area (Å²) in [6, 6.07) is 5.42. The second kappa shape index (κ2) is 6.85. The van der Waals surface area contributed by atoms with Crippen molar-refractivity contribution in [1.29, 1.82) is 0 Å². The smallest absolute Gasteiger partial charge is 0.263 e. The van der Waals surface area contributed by atoms with Crippen molar-refractivity contribution in [2.45, 2.75) is 25.4 Å². The zero-order chi connectivity index (χ0) is 18.1. The van der Waals surface area contributed by atoms with Gasteiger partial charge in [-0.05, 0) is 31.9 Å². The lowest BCUT2D eigenvalue weighted by atomic mass is 9.89. The first-order chi connectivity index (χ1) is 12.5. The number of rotatable bonds is 2. The summed E-state index contributed by atoms with van der Waals surface area (Å²) in [6.07, 6.45) is 3.02. The monoisotopic (exact) mass is 374 g/mol. The number of hydrogen-bond donors (Lipinski definition) is 1. The molecule has 1 N–H and O–H groups in total. The van der Waals surface area contributed by atoms with E-state index in [4.69, 9.17) is 4.74 Å². The van der Waals surface area contributed by atoms with Crippen LogP contribution < -0.4 is 10.5 Å². The Hall–Kier alpha value is -2.19. The molecule has 2 aromatic rings. The van der Waals surface area contributed by atoms with Gasteiger partial charge in [-0.1, -0.05) is 0 Å². The van der Waals surface area contributed by atoms with Crippen molar-refractivity contribution in [3.8, 4) is 0 Å². The van der Waals surface area contributed by atoms with E-state index in [1.54, 1.807) is 11.3 Å². The number of morpholine rings is 1. The van der Waals surface area contributed by atoms with Crippen molar-refractivity contribution in [2.24, 2.45) is 0 Å². The van der Waals surface area contributed by atoms with Gasteiger partial charge in [0.25, 0.3) is 11.5 Å². The van der Waals surface area contributed by atoms with Crippen LogP contribution in [-0.2, 0) is 4.74 Å². The largest absolute Gasteiger partial charge is 0.371 e. The molecule has 0 atom stereocenters. The van der Waals surface area contributed by atoms with Gasteiger partial charge >= 0.3 is 0 Å². The van der Waals surface area contributed by atoms with E-state index >= 15 is 0 Å². The van der Waals surface area contributed by atoms with Gasteiger partial charge in [-0.2, -0.15) is 0 Å². The van der Waals surface area contributed by atoms with Crippen LogP contribution >= 0.6 is 11.3 Å². The molecular formula is C18H22N4O3S. The Morgan fingerprint density at radius 1 is 1.31 bits per heavy atom. The highest BCUT2D eigenvalue weighted by Gasteiger charge is 2.41. The number of nitrogens with one attached hydrogen (secondary N) is 1. The summed E-state index contributed by atoms with van der Waals surface area (Å²) in [4.78, 5) is 37.0. The molecule has 0 radical (unpaired) electrons. The minimum atomic E-state index is -0.273. The van der Waals surface area contributed by atoms with E-state index in [2.05, 4.69) is 14.9 Å². The number of aromatic amines is 1. The number of carbonyl (C=O) groups is 1. The van der Waals surface area contributed by atoms with Crippen LogP contribution in [0.4, 0.5) is 5.82 Å². The second-order valence-corrected chi connectivity index (χ2v) is 8.21. The summed E-state index contributed by atoms with van der Waals surface area (Å²) < 4.78 is 6.14. The highest BCUT2D eigenvalue weighted by Crippen LogP contribution is 2.32. The maximum absolute atomic E-state index is 12.6. The zero-order valence-electron chi connectivity index (χ0n) is 14.7. The van der Waals surface area contributed by atoms with Gasteiger partial charge < -0.3 is 19.5 Å². The van der Waals surface area contributed by atoms with Gasteiger partial charge in [0.05, 0.1) is 23.4 Å². The van der Waals surface area contributed by atoms with Crippen molar-refractivity contribution in [1.82, 2.24) is 14.9 Å². The fraction of sp³-hybridized carbons (Fsp3) is 0.500. The van der Waals surface area contributed by atoms with Crippen LogP contribution in [0.2, 0.25) is 0 Å². The summed E-state index contributed by atoms with van der Waals surface area (Å²) in [6.45, 7) is 5.41. The molecule has 7 nitrogen and oxygen atoms in total. The standard InChI is InChI=1S/C18H22N4O3S/c1-13-2-3-14(26-13)17(24)21-6-4-18(5-7-21)11-22(8-9-25-18)15-10-16(23)20-12-19-15/h2-3,10,12H,4-9,11H2,1H3,(H,19,20,23). The number of aromatic nitrogens is 2. The molecule has 2 aromatic heterocycles. The summed E-state index contributed by atoms with van der Waals surface area (Å²) >= 11 is 1.54. The number of piperidine rings is 1. The number of nitrogens with zero attached hydrogens (tertiary/aromatic N) is 3. The van der Waals surface area contributed by atoms with Crippen LogP contribution in [0.25, 0.3) is 0 Å². The summed E-state index contributed by atoms with van der Waals surface area (Å²) in [5.41, 5.74) is -0.424. The van der Waals surface area contributed by atoms with E-state index in [9.17, 15) is 9.59 Å². The Balaban J connectivity index is 1.43. The maximum atomic E-state index is 12.6. The average molecular weight is 374 g/mol. The second-order valence-electron chi connectivity index (χ2n) is 6.92. The van der Waals surface area contributed by atoms with Gasteiger partial charge in [-0.25, -0.2) is 4.98 Å². The molecule has 4 rings (SSSR count). The van der Waals surface area contributed by atoms with E-state index in [1.807, 2.05) is 24.0 Å². The zero-order valence-corrected chi connectivity index (χ0v) is 15.6. The van der Waals surface area contributed by atoms with Crippen LogP contribution in [0.3, 0.4) is 0 Å². The van der Waals surface area contributed by atoms with Gasteiger partial charge in [0.1, 0.15) is 5.82 Å². The molecular weight excluding hydrogens is 352 g/mol. The molecule has 138 valence electrons. The number of amides is 1. The van der Waals surface area contributed by atoms with Gasteiger partial charge in [-0.15, -0.1) is 11.3 Å². The van der Waals surface area contributed by atoms with E-state index in [-0.39, 0.29) is 17.1 Å². The Labute approximate surface area is 155 Å². The first kappa shape index (κ1) is 17.2. The lowest BCUT2D eigenvalue weighted by molar-refractivity contribution is -0.0870. The lowest BCUT2D eigenvalue weighted by Crippen LogP contribution is -2.57. The highest BCUT2D eigenvalue weighted by molar-refractivity contribution is 7.13. The van der Waals surface area contributed by atoms with Crippen molar-refractivity contribution in [3.05, 3.63) is 44.6 Å². The molecule has 2 fully saturated rings. The van der Waals surface area contributed by atoms with Crippen LogP contribution in [0.5, 0.6) is 0 Å². The van der Waals surface area contributed by atoms with Crippen LogP contribution in [0.15, 0.2) is 29.3 Å². The first-order valence-electron chi connectivity index (χ1n) is 8.84. The van der Waals surface area contributed by atoms with Gasteiger partial charge in [0.2, 0.25) is 0 Å². The fourth-order valence-electron chi connectivity index (χ4n) is 3.70. The topological polar surface area (TPSA) is 78.5 Å². The molecule has 2 aliphatic rings. The van der Waals surface area contributed by atoms with Crippen LogP contribution in [0.1, 0.15) is 27.4 Å². The molecule has 0 bridgehead atoms. The minimum Gasteiger partial charge on any atom is -0.371 e. The highest BCUT2D eigenvalue weighted by atomic mass is 32.1. The third-order valence-electron chi connectivity index (χ3n) is 5.15. The molecule has 0 saturated carbocycles. The molecule has 0 aromatic carbocycles. The Morgan fingerprint density at radius 3 is 2.81 bits per heavy atom. The number of H-pyrrole nitrogens is 1. The van der Waals surface area contributed by atoms with E-state index < -0.39 is 0 Å². The minimum absolute atomic E-state index is 0.113. The van der Waals surface area contributed by atoms with Crippen LogP contribution in [0, 0.1) is 6.92 Å². The Kier molecular flexibility index (Phi) is 4.54. The molecule has 1 amide bonds. The molecule has 4 heterocycles. The molecule has 8 heteroatoms. The predicted molar refractivity (Wildman–Crippen MR) is 99.9 cm³/mol. The first-order valence-corrected chi connectivity index (χ1v) is 9.66. The maximum Gasteiger partial charge on any atom is 0.263 e. The summed E-state index contributed by atoms with van der Waals surface area (Å²) in [5, 5.41) is 0. The average Bonchev–Trinajstić information content (AvgIpc) is 3.08. The van der Waals surface area contributed by atoms with Crippen LogP contribution in [-0.4, -0.2) is 59.2 Å². The number of thiophene rings is 1. The van der Waals surface area contributed by atoms with E-state index in [1.165, 1.54) is 12.4 Å². The van der Waals surface area contributed by atoms with Crippen molar-refractivity contribution >= 4 is 23.1 Å². The number of ether oxygens (including phenoxy) is 1. The normalized spacial score (nSPS) is 19.7. The predicted octanol–water partition coefficient (Wildman–Crippen LogP) is 1.65. The van der Waals surface area contributed by atoms with Gasteiger partial charge in [-0.3, -0.25) is 9.59 Å². The SMILES string of the molecule is Cc1ccc(C(=O)N2CCC3(CC2)CN(c2cc(=O)[nH]cn2)CCO3)s1. The molecule has 0 aliphatic carbocycles. The number of anilines is 1. The molecule has 2 saturated heterocycles. The number of carbonyl (C=O) groups excluding carboxylic acids is 1. The molecule has 26 heavy (non-hydrogen) atoms.